The Morgan fingerprint density at radius 2 is 1.87 bits per heavy atom. The van der Waals surface area contributed by atoms with E-state index in [4.69, 9.17) is 32.7 Å². The molecule has 0 amide bonds. The maximum absolute atomic E-state index is 12.3. The third-order valence-electron chi connectivity index (χ3n) is 5.19. The van der Waals surface area contributed by atoms with E-state index >= 15 is 0 Å². The first kappa shape index (κ1) is 23.4. The summed E-state index contributed by atoms with van der Waals surface area (Å²) in [6, 6.07) is 5.41. The van der Waals surface area contributed by atoms with Crippen LogP contribution in [0.2, 0.25) is 10.0 Å². The number of aryl methyl sites for hydroxylation is 1. The van der Waals surface area contributed by atoms with Crippen molar-refractivity contribution in [3.8, 4) is 0 Å². The molecule has 0 N–H and O–H groups in total. The Balaban J connectivity index is 1.87. The molecule has 166 valence electrons. The lowest BCUT2D eigenvalue weighted by atomic mass is 9.91. The van der Waals surface area contributed by atoms with Crippen molar-refractivity contribution in [2.75, 3.05) is 13.2 Å². The van der Waals surface area contributed by atoms with Gasteiger partial charge in [0.15, 0.2) is 5.92 Å². The van der Waals surface area contributed by atoms with Crippen LogP contribution in [0.3, 0.4) is 0 Å². The van der Waals surface area contributed by atoms with E-state index in [2.05, 4.69) is 5.10 Å². The number of carbonyl (C=O) groups excluding carboxylic acids is 2. The molecule has 0 unspecified atom stereocenters. The zero-order valence-corrected chi connectivity index (χ0v) is 19.2. The number of halogens is 2. The van der Waals surface area contributed by atoms with Crippen molar-refractivity contribution in [1.29, 1.82) is 0 Å². The molecular formula is C23H26Cl2N2O4. The quantitative estimate of drug-likeness (QED) is 0.401. The van der Waals surface area contributed by atoms with Gasteiger partial charge in [0.2, 0.25) is 0 Å². The first-order valence-electron chi connectivity index (χ1n) is 10.5. The normalized spacial score (nSPS) is 14.5. The first-order valence-corrected chi connectivity index (χ1v) is 11.2. The van der Waals surface area contributed by atoms with Gasteiger partial charge in [-0.1, -0.05) is 35.3 Å². The van der Waals surface area contributed by atoms with Gasteiger partial charge in [-0.15, -0.1) is 0 Å². The maximum atomic E-state index is 12.3. The predicted molar refractivity (Wildman–Crippen MR) is 120 cm³/mol. The molecule has 0 saturated heterocycles. The number of benzene rings is 1. The molecule has 6 nitrogen and oxygen atoms in total. The molecule has 1 heterocycles. The van der Waals surface area contributed by atoms with E-state index < -0.39 is 17.9 Å². The van der Waals surface area contributed by atoms with Crippen molar-refractivity contribution in [3.63, 3.8) is 0 Å². The molecule has 0 spiro atoms. The molecule has 1 aliphatic carbocycles. The van der Waals surface area contributed by atoms with Crippen LogP contribution in [0, 0.1) is 5.92 Å². The van der Waals surface area contributed by atoms with E-state index in [1.54, 1.807) is 26.0 Å². The topological polar surface area (TPSA) is 70.4 Å². The lowest BCUT2D eigenvalue weighted by Crippen LogP contribution is -2.27. The minimum atomic E-state index is -0.972. The Hall–Kier alpha value is -2.31. The SMILES string of the molecule is CCOC(=O)C(C/C=C1\CCCc2cnn(Cc3ccc(Cl)cc3Cl)c21)C(=O)OCC. The zero-order valence-electron chi connectivity index (χ0n) is 17.7. The summed E-state index contributed by atoms with van der Waals surface area (Å²) < 4.78 is 12.1. The highest BCUT2D eigenvalue weighted by molar-refractivity contribution is 6.35. The second-order valence-electron chi connectivity index (χ2n) is 7.29. The van der Waals surface area contributed by atoms with Crippen LogP contribution in [0.1, 0.15) is 49.9 Å². The van der Waals surface area contributed by atoms with Gasteiger partial charge in [-0.2, -0.15) is 5.10 Å². The number of carbonyl (C=O) groups is 2. The van der Waals surface area contributed by atoms with Gasteiger partial charge in [-0.25, -0.2) is 0 Å². The van der Waals surface area contributed by atoms with Gasteiger partial charge < -0.3 is 9.47 Å². The van der Waals surface area contributed by atoms with Crippen molar-refractivity contribution in [2.45, 2.75) is 46.1 Å². The van der Waals surface area contributed by atoms with Crippen LogP contribution in [-0.2, 0) is 32.0 Å². The zero-order chi connectivity index (χ0) is 22.4. The van der Waals surface area contributed by atoms with E-state index in [0.29, 0.717) is 16.6 Å². The Kier molecular flexibility index (Phi) is 8.15. The van der Waals surface area contributed by atoms with Gasteiger partial charge in [0.1, 0.15) is 0 Å². The van der Waals surface area contributed by atoms with E-state index in [0.717, 1.165) is 41.7 Å². The third-order valence-corrected chi connectivity index (χ3v) is 5.78. The van der Waals surface area contributed by atoms with E-state index in [1.807, 2.05) is 23.0 Å². The van der Waals surface area contributed by atoms with Crippen molar-refractivity contribution in [3.05, 3.63) is 57.3 Å². The minimum absolute atomic E-state index is 0.212. The molecule has 3 rings (SSSR count). The summed E-state index contributed by atoms with van der Waals surface area (Å²) in [6.45, 7) is 4.36. The number of fused-ring (bicyclic) bond motifs is 1. The number of esters is 2. The molecular weight excluding hydrogens is 439 g/mol. The lowest BCUT2D eigenvalue weighted by molar-refractivity contribution is -0.161. The first-order chi connectivity index (χ1) is 14.9. The molecule has 8 heteroatoms. The standard InChI is InChI=1S/C23H26Cl2N2O4/c1-3-30-22(28)19(23(29)31-4-2)11-9-15-6-5-7-16-13-26-27(21(15)16)14-17-8-10-18(24)12-20(17)25/h8-10,12-13,19H,3-7,11,14H2,1-2H3/b15-9+. The number of allylic oxidation sites excluding steroid dienone is 2. The van der Waals surface area contributed by atoms with Gasteiger partial charge in [0.25, 0.3) is 0 Å². The summed E-state index contributed by atoms with van der Waals surface area (Å²) in [6.07, 6.45) is 6.79. The molecule has 0 saturated carbocycles. The van der Waals surface area contributed by atoms with Gasteiger partial charge in [-0.05, 0) is 68.4 Å². The summed E-state index contributed by atoms with van der Waals surface area (Å²) >= 11 is 12.4. The molecule has 0 atom stereocenters. The smallest absolute Gasteiger partial charge is 0.320 e. The fourth-order valence-electron chi connectivity index (χ4n) is 3.73. The highest BCUT2D eigenvalue weighted by atomic mass is 35.5. The van der Waals surface area contributed by atoms with Crippen LogP contribution in [0.25, 0.3) is 5.57 Å². The monoisotopic (exact) mass is 464 g/mol. The molecule has 0 aliphatic heterocycles. The van der Waals surface area contributed by atoms with Crippen LogP contribution in [0.15, 0.2) is 30.5 Å². The second-order valence-corrected chi connectivity index (χ2v) is 8.13. The van der Waals surface area contributed by atoms with Crippen molar-refractivity contribution in [1.82, 2.24) is 9.78 Å². The van der Waals surface area contributed by atoms with Crippen LogP contribution >= 0.6 is 23.2 Å². The molecule has 1 aromatic carbocycles. The van der Waals surface area contributed by atoms with Crippen LogP contribution in [-0.4, -0.2) is 34.9 Å². The Bertz CT molecular complexity index is 966. The number of hydrogen-bond donors (Lipinski definition) is 0. The van der Waals surface area contributed by atoms with Crippen molar-refractivity contribution in [2.24, 2.45) is 5.92 Å². The fourth-order valence-corrected chi connectivity index (χ4v) is 4.20. The van der Waals surface area contributed by atoms with Crippen molar-refractivity contribution >= 4 is 40.7 Å². The average Bonchev–Trinajstić information content (AvgIpc) is 3.14. The third kappa shape index (κ3) is 5.69. The predicted octanol–water partition coefficient (Wildman–Crippen LogP) is 5.09. The van der Waals surface area contributed by atoms with Crippen LogP contribution in [0.5, 0.6) is 0 Å². The summed E-state index contributed by atoms with van der Waals surface area (Å²) in [5.41, 5.74) is 4.13. The second kappa shape index (κ2) is 10.8. The molecule has 0 fully saturated rings. The fraction of sp³-hybridized carbons (Fsp3) is 0.435. The van der Waals surface area contributed by atoms with E-state index in [9.17, 15) is 9.59 Å². The average molecular weight is 465 g/mol. The molecule has 1 aromatic heterocycles. The highest BCUT2D eigenvalue weighted by Crippen LogP contribution is 2.33. The van der Waals surface area contributed by atoms with Crippen molar-refractivity contribution < 1.29 is 19.1 Å². The number of hydrogen-bond acceptors (Lipinski definition) is 5. The maximum Gasteiger partial charge on any atom is 0.320 e. The molecule has 0 radical (unpaired) electrons. The Morgan fingerprint density at radius 3 is 2.52 bits per heavy atom. The highest BCUT2D eigenvalue weighted by Gasteiger charge is 2.29. The molecule has 1 aliphatic rings. The molecule has 31 heavy (non-hydrogen) atoms. The number of ether oxygens (including phenoxy) is 2. The molecule has 0 bridgehead atoms. The molecule has 2 aromatic rings. The van der Waals surface area contributed by atoms with Crippen LogP contribution < -0.4 is 0 Å². The number of nitrogens with zero attached hydrogens (tertiary/aromatic N) is 2. The minimum Gasteiger partial charge on any atom is -0.465 e. The lowest BCUT2D eigenvalue weighted by Gasteiger charge is -2.19. The largest absolute Gasteiger partial charge is 0.465 e. The Morgan fingerprint density at radius 1 is 1.16 bits per heavy atom. The van der Waals surface area contributed by atoms with Gasteiger partial charge in [0.05, 0.1) is 31.6 Å². The summed E-state index contributed by atoms with van der Waals surface area (Å²) in [5, 5.41) is 5.73. The van der Waals surface area contributed by atoms with Gasteiger partial charge >= 0.3 is 11.9 Å². The van der Waals surface area contributed by atoms with E-state index in [1.165, 1.54) is 0 Å². The van der Waals surface area contributed by atoms with Gasteiger partial charge in [0, 0.05) is 10.0 Å². The van der Waals surface area contributed by atoms with Crippen LogP contribution in [0.4, 0.5) is 0 Å². The summed E-state index contributed by atoms with van der Waals surface area (Å²) in [4.78, 5) is 24.6. The van der Waals surface area contributed by atoms with E-state index in [-0.39, 0.29) is 19.6 Å². The van der Waals surface area contributed by atoms with Gasteiger partial charge in [-0.3, -0.25) is 14.3 Å². The Labute approximate surface area is 192 Å². The number of aromatic nitrogens is 2. The number of rotatable bonds is 8. The summed E-state index contributed by atoms with van der Waals surface area (Å²) in [5.74, 6) is -2.09. The summed E-state index contributed by atoms with van der Waals surface area (Å²) in [7, 11) is 0.